The molecular weight excluding hydrogens is 312 g/mol. The molecule has 0 atom stereocenters. The number of hydrogen-bond acceptors (Lipinski definition) is 2. The largest absolute Gasteiger partial charge is 0.493 e. The molecule has 24 heavy (non-hydrogen) atoms. The molecule has 3 aromatic rings. The standard InChI is InChI=1S/C22H28OS/c1-5-7-9-17-10-11-18-19-12-13-20(23-14-8-6-2)16(4)22(19)24-21(18)15(17)3/h10-13H,5-9,14H2,1-4H3. The lowest BCUT2D eigenvalue weighted by Gasteiger charge is -2.09. The molecule has 0 aliphatic carbocycles. The monoisotopic (exact) mass is 340 g/mol. The highest BCUT2D eigenvalue weighted by atomic mass is 32.1. The summed E-state index contributed by atoms with van der Waals surface area (Å²) in [5, 5.41) is 2.77. The molecule has 0 spiro atoms. The van der Waals surface area contributed by atoms with E-state index < -0.39 is 0 Å². The Bertz CT molecular complexity index is 844. The van der Waals surface area contributed by atoms with Crippen LogP contribution in [0.2, 0.25) is 0 Å². The van der Waals surface area contributed by atoms with Crippen molar-refractivity contribution >= 4 is 31.5 Å². The maximum Gasteiger partial charge on any atom is 0.123 e. The summed E-state index contributed by atoms with van der Waals surface area (Å²) in [6.07, 6.45) is 6.00. The molecule has 0 saturated carbocycles. The van der Waals surface area contributed by atoms with Crippen LogP contribution in [0.1, 0.15) is 56.2 Å². The third kappa shape index (κ3) is 3.17. The van der Waals surface area contributed by atoms with Gasteiger partial charge in [0.05, 0.1) is 6.61 Å². The van der Waals surface area contributed by atoms with Crippen molar-refractivity contribution in [2.75, 3.05) is 6.61 Å². The van der Waals surface area contributed by atoms with Gasteiger partial charge in [0.1, 0.15) is 5.75 Å². The van der Waals surface area contributed by atoms with Crippen LogP contribution in [0, 0.1) is 13.8 Å². The second kappa shape index (κ2) is 7.57. The lowest BCUT2D eigenvalue weighted by molar-refractivity contribution is 0.308. The highest BCUT2D eigenvalue weighted by molar-refractivity contribution is 7.26. The molecule has 0 aliphatic heterocycles. The van der Waals surface area contributed by atoms with Gasteiger partial charge in [-0.2, -0.15) is 0 Å². The molecule has 1 nitrogen and oxygen atoms in total. The van der Waals surface area contributed by atoms with Gasteiger partial charge in [0.15, 0.2) is 0 Å². The van der Waals surface area contributed by atoms with E-state index in [4.69, 9.17) is 4.74 Å². The van der Waals surface area contributed by atoms with E-state index in [2.05, 4.69) is 52.0 Å². The number of aryl methyl sites for hydroxylation is 3. The van der Waals surface area contributed by atoms with Gasteiger partial charge in [-0.15, -0.1) is 11.3 Å². The van der Waals surface area contributed by atoms with E-state index in [0.717, 1.165) is 18.8 Å². The van der Waals surface area contributed by atoms with Crippen molar-refractivity contribution in [1.29, 1.82) is 0 Å². The molecule has 0 unspecified atom stereocenters. The van der Waals surface area contributed by atoms with Crippen molar-refractivity contribution in [3.8, 4) is 5.75 Å². The van der Waals surface area contributed by atoms with Gasteiger partial charge >= 0.3 is 0 Å². The number of thiophene rings is 1. The number of hydrogen-bond donors (Lipinski definition) is 0. The Morgan fingerprint density at radius 2 is 1.50 bits per heavy atom. The van der Waals surface area contributed by atoms with Crippen LogP contribution in [0.15, 0.2) is 24.3 Å². The van der Waals surface area contributed by atoms with Crippen LogP contribution in [0.3, 0.4) is 0 Å². The molecule has 2 aromatic carbocycles. The van der Waals surface area contributed by atoms with E-state index in [1.165, 1.54) is 62.5 Å². The zero-order chi connectivity index (χ0) is 17.1. The number of ether oxygens (including phenoxy) is 1. The van der Waals surface area contributed by atoms with Crippen LogP contribution in [0.5, 0.6) is 5.75 Å². The summed E-state index contributed by atoms with van der Waals surface area (Å²) in [5.74, 6) is 1.05. The summed E-state index contributed by atoms with van der Waals surface area (Å²) in [4.78, 5) is 0. The first kappa shape index (κ1) is 17.3. The van der Waals surface area contributed by atoms with E-state index >= 15 is 0 Å². The lowest BCUT2D eigenvalue weighted by atomic mass is 10.00. The molecule has 0 aliphatic rings. The first-order valence-corrected chi connectivity index (χ1v) is 10.1. The SMILES string of the molecule is CCCCOc1ccc2c(sc3c(C)c(CCCC)ccc32)c1C. The van der Waals surface area contributed by atoms with Gasteiger partial charge < -0.3 is 4.74 Å². The average molecular weight is 341 g/mol. The van der Waals surface area contributed by atoms with E-state index in [0.29, 0.717) is 0 Å². The first-order chi connectivity index (χ1) is 11.7. The number of benzene rings is 2. The first-order valence-electron chi connectivity index (χ1n) is 9.24. The number of rotatable bonds is 7. The number of unbranched alkanes of at least 4 members (excludes halogenated alkanes) is 2. The fourth-order valence-electron chi connectivity index (χ4n) is 3.32. The van der Waals surface area contributed by atoms with Crippen LogP contribution in [-0.4, -0.2) is 6.61 Å². The van der Waals surface area contributed by atoms with Crippen molar-refractivity contribution in [3.05, 3.63) is 41.0 Å². The van der Waals surface area contributed by atoms with Gasteiger partial charge in [-0.25, -0.2) is 0 Å². The van der Waals surface area contributed by atoms with Crippen molar-refractivity contribution in [2.45, 2.75) is 59.8 Å². The summed E-state index contributed by atoms with van der Waals surface area (Å²) in [6.45, 7) is 9.76. The van der Waals surface area contributed by atoms with E-state index in [9.17, 15) is 0 Å². The molecule has 1 aromatic heterocycles. The summed E-state index contributed by atoms with van der Waals surface area (Å²) < 4.78 is 8.83. The van der Waals surface area contributed by atoms with Crippen LogP contribution < -0.4 is 4.74 Å². The van der Waals surface area contributed by atoms with Gasteiger partial charge in [-0.3, -0.25) is 0 Å². The van der Waals surface area contributed by atoms with Crippen LogP contribution in [0.4, 0.5) is 0 Å². The van der Waals surface area contributed by atoms with E-state index in [1.54, 1.807) is 0 Å². The van der Waals surface area contributed by atoms with Crippen molar-refractivity contribution < 1.29 is 4.74 Å². The molecule has 1 heterocycles. The van der Waals surface area contributed by atoms with Crippen molar-refractivity contribution in [3.63, 3.8) is 0 Å². The quantitative estimate of drug-likeness (QED) is 0.413. The molecule has 0 bridgehead atoms. The molecule has 0 saturated heterocycles. The zero-order valence-electron chi connectivity index (χ0n) is 15.4. The highest BCUT2D eigenvalue weighted by Crippen LogP contribution is 2.41. The van der Waals surface area contributed by atoms with E-state index in [-0.39, 0.29) is 0 Å². The van der Waals surface area contributed by atoms with Crippen LogP contribution >= 0.6 is 11.3 Å². The maximum absolute atomic E-state index is 6.00. The Balaban J connectivity index is 2.06. The summed E-state index contributed by atoms with van der Waals surface area (Å²) >= 11 is 1.94. The van der Waals surface area contributed by atoms with Crippen LogP contribution in [0.25, 0.3) is 20.2 Å². The van der Waals surface area contributed by atoms with Gasteiger partial charge in [0.25, 0.3) is 0 Å². The smallest absolute Gasteiger partial charge is 0.123 e. The predicted octanol–water partition coefficient (Wildman–Crippen LogP) is 7.19. The second-order valence-corrected chi connectivity index (χ2v) is 7.72. The third-order valence-electron chi connectivity index (χ3n) is 4.92. The van der Waals surface area contributed by atoms with Crippen LogP contribution in [-0.2, 0) is 6.42 Å². The molecule has 3 rings (SSSR count). The summed E-state index contributed by atoms with van der Waals surface area (Å²) in [6, 6.07) is 9.05. The minimum Gasteiger partial charge on any atom is -0.493 e. The van der Waals surface area contributed by atoms with Crippen molar-refractivity contribution in [1.82, 2.24) is 0 Å². The fourth-order valence-corrected chi connectivity index (χ4v) is 4.63. The minimum atomic E-state index is 0.813. The topological polar surface area (TPSA) is 9.23 Å². The fraction of sp³-hybridized carbons (Fsp3) is 0.455. The van der Waals surface area contributed by atoms with Gasteiger partial charge in [0.2, 0.25) is 0 Å². The highest BCUT2D eigenvalue weighted by Gasteiger charge is 2.13. The Hall–Kier alpha value is -1.54. The number of fused-ring (bicyclic) bond motifs is 3. The second-order valence-electron chi connectivity index (χ2n) is 6.70. The maximum atomic E-state index is 6.00. The molecule has 0 radical (unpaired) electrons. The molecular formula is C22H28OS. The summed E-state index contributed by atoms with van der Waals surface area (Å²) in [5.41, 5.74) is 4.27. The molecule has 0 amide bonds. The molecule has 0 N–H and O–H groups in total. The Morgan fingerprint density at radius 1 is 0.833 bits per heavy atom. The summed E-state index contributed by atoms with van der Waals surface area (Å²) in [7, 11) is 0. The Kier molecular flexibility index (Phi) is 5.45. The minimum absolute atomic E-state index is 0.813. The Morgan fingerprint density at radius 3 is 2.21 bits per heavy atom. The predicted molar refractivity (Wildman–Crippen MR) is 108 cm³/mol. The van der Waals surface area contributed by atoms with Gasteiger partial charge in [-0.05, 0) is 56.4 Å². The lowest BCUT2D eigenvalue weighted by Crippen LogP contribution is -1.97. The zero-order valence-corrected chi connectivity index (χ0v) is 16.2. The third-order valence-corrected chi connectivity index (χ3v) is 6.38. The van der Waals surface area contributed by atoms with Gasteiger partial charge in [-0.1, -0.05) is 38.8 Å². The molecule has 2 heteroatoms. The normalized spacial score (nSPS) is 11.5. The molecule has 128 valence electrons. The molecule has 0 fully saturated rings. The van der Waals surface area contributed by atoms with Gasteiger partial charge in [0, 0.05) is 25.7 Å². The average Bonchev–Trinajstić information content (AvgIpc) is 2.97. The van der Waals surface area contributed by atoms with Crippen molar-refractivity contribution in [2.24, 2.45) is 0 Å². The van der Waals surface area contributed by atoms with E-state index in [1.807, 2.05) is 11.3 Å². The Labute approximate surface area is 149 Å².